The maximum Gasteiger partial charge on any atom is 0.254 e. The molecule has 34 heavy (non-hydrogen) atoms. The zero-order valence-electron chi connectivity index (χ0n) is 19.6. The van der Waals surface area contributed by atoms with Gasteiger partial charge >= 0.3 is 0 Å². The highest BCUT2D eigenvalue weighted by molar-refractivity contribution is 9.10. The normalized spacial score (nSPS) is 16.1. The lowest BCUT2D eigenvalue weighted by Crippen LogP contribution is -2.43. The van der Waals surface area contributed by atoms with Crippen molar-refractivity contribution in [2.45, 2.75) is 58.3 Å². The first kappa shape index (κ1) is 25.4. The van der Waals surface area contributed by atoms with Crippen LogP contribution in [0, 0.1) is 0 Å². The van der Waals surface area contributed by atoms with Gasteiger partial charge in [0.05, 0.1) is 21.1 Å². The van der Waals surface area contributed by atoms with Crippen molar-refractivity contribution < 1.29 is 14.1 Å². The Labute approximate surface area is 218 Å². The van der Waals surface area contributed by atoms with Gasteiger partial charge in [-0.25, -0.2) is 4.68 Å². The number of rotatable bonds is 7. The molecule has 0 saturated heterocycles. The smallest absolute Gasteiger partial charge is 0.254 e. The number of hydrogen-bond donors (Lipinski definition) is 0. The molecular formula is C23H27BrCl2N4O3Si. The first-order chi connectivity index (χ1) is 16.0. The summed E-state index contributed by atoms with van der Waals surface area (Å²) in [5, 5.41) is 9.74. The van der Waals surface area contributed by atoms with Crippen LogP contribution in [0.15, 0.2) is 33.5 Å². The summed E-state index contributed by atoms with van der Waals surface area (Å²) in [6, 6.07) is 5.99. The Hall–Kier alpha value is -1.65. The Bertz CT molecular complexity index is 1210. The van der Waals surface area contributed by atoms with Crippen LogP contribution in [-0.2, 0) is 24.4 Å². The van der Waals surface area contributed by atoms with Crippen LogP contribution in [0.4, 0.5) is 0 Å². The molecule has 0 saturated carbocycles. The molecule has 0 unspecified atom stereocenters. The lowest BCUT2D eigenvalue weighted by atomic mass is 9.97. The fourth-order valence-corrected chi connectivity index (χ4v) is 5.32. The summed E-state index contributed by atoms with van der Waals surface area (Å²) < 4.78 is 13.7. The van der Waals surface area contributed by atoms with Crippen LogP contribution in [0.1, 0.15) is 28.5 Å². The molecule has 7 nitrogen and oxygen atoms in total. The third-order valence-electron chi connectivity index (χ3n) is 5.90. The van der Waals surface area contributed by atoms with Crippen molar-refractivity contribution in [2.75, 3.05) is 6.61 Å². The molecule has 1 amide bonds. The summed E-state index contributed by atoms with van der Waals surface area (Å²) in [4.78, 5) is 15.2. The maximum atomic E-state index is 13.4. The second kappa shape index (κ2) is 10.1. The Balaban J connectivity index is 1.64. The van der Waals surface area contributed by atoms with E-state index in [0.717, 1.165) is 17.3 Å². The molecule has 1 aliphatic rings. The van der Waals surface area contributed by atoms with E-state index in [1.807, 2.05) is 16.5 Å². The van der Waals surface area contributed by atoms with Crippen molar-refractivity contribution in [2.24, 2.45) is 0 Å². The summed E-state index contributed by atoms with van der Waals surface area (Å²) >= 11 is 15.7. The van der Waals surface area contributed by atoms with Crippen LogP contribution in [0.3, 0.4) is 0 Å². The van der Waals surface area contributed by atoms with Crippen LogP contribution in [-0.4, -0.2) is 46.5 Å². The lowest BCUT2D eigenvalue weighted by molar-refractivity contribution is 0.0624. The number of nitrogens with zero attached hydrogens (tertiary/aromatic N) is 4. The molecule has 182 valence electrons. The SMILES string of the molecule is C[C@@H]1Cc2c(c(-c3nocc3Br)nn2COCC[Si](C)(C)C)CN1C(=O)c1ccc(Cl)c(Cl)c1. The molecule has 0 aliphatic carbocycles. The molecule has 2 aromatic heterocycles. The van der Waals surface area contributed by atoms with Gasteiger partial charge in [-0.2, -0.15) is 5.10 Å². The van der Waals surface area contributed by atoms with Crippen molar-refractivity contribution in [1.29, 1.82) is 0 Å². The molecule has 1 aliphatic heterocycles. The first-order valence-electron chi connectivity index (χ1n) is 11.1. The Kier molecular flexibility index (Phi) is 7.59. The second-order valence-corrected chi connectivity index (χ2v) is 17.0. The van der Waals surface area contributed by atoms with Crippen molar-refractivity contribution >= 4 is 53.1 Å². The van der Waals surface area contributed by atoms with Crippen molar-refractivity contribution in [3.8, 4) is 11.4 Å². The van der Waals surface area contributed by atoms with Gasteiger partial charge in [0.15, 0.2) is 0 Å². The van der Waals surface area contributed by atoms with Crippen LogP contribution < -0.4 is 0 Å². The monoisotopic (exact) mass is 584 g/mol. The number of benzene rings is 1. The molecular weight excluding hydrogens is 559 g/mol. The number of carbonyl (C=O) groups is 1. The lowest BCUT2D eigenvalue weighted by Gasteiger charge is -2.34. The molecule has 0 fully saturated rings. The summed E-state index contributed by atoms with van der Waals surface area (Å²) in [5.74, 6) is -0.110. The van der Waals surface area contributed by atoms with E-state index in [-0.39, 0.29) is 11.9 Å². The van der Waals surface area contributed by atoms with Gasteiger partial charge in [0.1, 0.15) is 24.4 Å². The Morgan fingerprint density at radius 1 is 1.26 bits per heavy atom. The number of hydrogen-bond acceptors (Lipinski definition) is 5. The van der Waals surface area contributed by atoms with E-state index in [9.17, 15) is 4.79 Å². The molecule has 0 spiro atoms. The fraction of sp³-hybridized carbons (Fsp3) is 0.435. The highest BCUT2D eigenvalue weighted by Gasteiger charge is 2.34. The Morgan fingerprint density at radius 3 is 2.68 bits per heavy atom. The second-order valence-electron chi connectivity index (χ2n) is 9.75. The van der Waals surface area contributed by atoms with E-state index in [4.69, 9.17) is 37.6 Å². The third-order valence-corrected chi connectivity index (χ3v) is 8.91. The van der Waals surface area contributed by atoms with Gasteiger partial charge in [-0.15, -0.1) is 0 Å². The van der Waals surface area contributed by atoms with E-state index in [0.29, 0.717) is 57.8 Å². The number of halogens is 3. The van der Waals surface area contributed by atoms with Crippen LogP contribution in [0.25, 0.3) is 11.4 Å². The number of ether oxygens (including phenoxy) is 1. The largest absolute Gasteiger partial charge is 0.363 e. The minimum atomic E-state index is -1.19. The summed E-state index contributed by atoms with van der Waals surface area (Å²) in [5.41, 5.74) is 3.77. The van der Waals surface area contributed by atoms with Crippen molar-refractivity contribution in [3.05, 3.63) is 55.8 Å². The molecule has 0 N–H and O–H groups in total. The molecule has 0 radical (unpaired) electrons. The van der Waals surface area contributed by atoms with Gasteiger partial charge in [0, 0.05) is 44.0 Å². The average Bonchev–Trinajstić information content (AvgIpc) is 3.34. The molecule has 4 rings (SSSR count). The Morgan fingerprint density at radius 2 is 2.03 bits per heavy atom. The number of aromatic nitrogens is 3. The van der Waals surface area contributed by atoms with E-state index in [1.54, 1.807) is 18.2 Å². The van der Waals surface area contributed by atoms with Gasteiger partial charge in [-0.1, -0.05) is 48.0 Å². The predicted molar refractivity (Wildman–Crippen MR) is 139 cm³/mol. The molecule has 1 atom stereocenters. The quantitative estimate of drug-likeness (QED) is 0.233. The van der Waals surface area contributed by atoms with Gasteiger partial charge in [0.25, 0.3) is 5.91 Å². The van der Waals surface area contributed by atoms with Crippen molar-refractivity contribution in [3.63, 3.8) is 0 Å². The van der Waals surface area contributed by atoms with E-state index >= 15 is 0 Å². The summed E-state index contributed by atoms with van der Waals surface area (Å²) in [6.07, 6.45) is 2.16. The summed E-state index contributed by atoms with van der Waals surface area (Å²) in [7, 11) is -1.19. The van der Waals surface area contributed by atoms with Gasteiger partial charge in [-0.3, -0.25) is 4.79 Å². The van der Waals surface area contributed by atoms with Gasteiger partial charge in [-0.05, 0) is 47.1 Å². The summed E-state index contributed by atoms with van der Waals surface area (Å²) in [6.45, 7) is 10.5. The number of fused-ring (bicyclic) bond motifs is 1. The number of carbonyl (C=O) groups excluding carboxylic acids is 1. The van der Waals surface area contributed by atoms with Crippen LogP contribution in [0.5, 0.6) is 0 Å². The van der Waals surface area contributed by atoms with Gasteiger partial charge in [0.2, 0.25) is 0 Å². The van der Waals surface area contributed by atoms with Crippen LogP contribution >= 0.6 is 39.1 Å². The topological polar surface area (TPSA) is 73.4 Å². The molecule has 0 bridgehead atoms. The predicted octanol–water partition coefficient (Wildman–Crippen LogP) is 6.51. The fourth-order valence-electron chi connectivity index (χ4n) is 3.92. The highest BCUT2D eigenvalue weighted by Crippen LogP contribution is 2.35. The highest BCUT2D eigenvalue weighted by atomic mass is 79.9. The standard InChI is InChI=1S/C23H27BrCl2N4O3Si/c1-14-9-20-16(11-29(14)23(31)15-5-6-18(25)19(26)10-15)21(22-17(24)12-33-28-22)27-30(20)13-32-7-8-34(2,3)4/h5-6,10,12,14H,7-9,11,13H2,1-4H3/t14-/m1/s1. The van der Waals surface area contributed by atoms with Gasteiger partial charge < -0.3 is 14.2 Å². The minimum absolute atomic E-state index is 0.0412. The zero-order chi connectivity index (χ0) is 24.6. The first-order valence-corrected chi connectivity index (χ1v) is 16.3. The molecule has 3 heterocycles. The third kappa shape index (κ3) is 5.43. The van der Waals surface area contributed by atoms with Crippen LogP contribution in [0.2, 0.25) is 35.7 Å². The number of amides is 1. The van der Waals surface area contributed by atoms with E-state index in [1.165, 1.54) is 6.26 Å². The molecule has 3 aromatic rings. The molecule has 11 heteroatoms. The zero-order valence-corrected chi connectivity index (χ0v) is 23.7. The average molecular weight is 586 g/mol. The van der Waals surface area contributed by atoms with E-state index < -0.39 is 8.07 Å². The minimum Gasteiger partial charge on any atom is -0.363 e. The van der Waals surface area contributed by atoms with Crippen molar-refractivity contribution in [1.82, 2.24) is 19.8 Å². The maximum absolute atomic E-state index is 13.4. The van der Waals surface area contributed by atoms with E-state index in [2.05, 4.69) is 40.7 Å². The molecule has 1 aromatic carbocycles.